The molecule has 0 aliphatic carbocycles. The van der Waals surface area contributed by atoms with Crippen LogP contribution in [0.3, 0.4) is 0 Å². The molecule has 0 spiro atoms. The second-order valence-corrected chi connectivity index (χ2v) is 3.33. The van der Waals surface area contributed by atoms with Gasteiger partial charge in [-0.1, -0.05) is 13.3 Å². The summed E-state index contributed by atoms with van der Waals surface area (Å²) in [6.45, 7) is 2.95. The summed E-state index contributed by atoms with van der Waals surface area (Å²) in [5.74, 6) is -6.49. The zero-order chi connectivity index (χ0) is 14.1. The molecular formula is C8H8F9. The van der Waals surface area contributed by atoms with Gasteiger partial charge < -0.3 is 0 Å². The van der Waals surface area contributed by atoms with Gasteiger partial charge >= 0.3 is 18.3 Å². The van der Waals surface area contributed by atoms with Crippen molar-refractivity contribution in [2.24, 2.45) is 0 Å². The van der Waals surface area contributed by atoms with Crippen molar-refractivity contribution in [3.05, 3.63) is 6.92 Å². The minimum atomic E-state index is -6.61. The highest BCUT2D eigenvalue weighted by Crippen LogP contribution is 2.54. The standard InChI is InChI=1S/C8H8F9/c1-2-3-4-5(9,7(12,13)14)6(10,11)8(15,16)17/h1-4H2. The maximum atomic E-state index is 13.1. The molecule has 0 fully saturated rings. The monoisotopic (exact) mass is 275 g/mol. The van der Waals surface area contributed by atoms with Crippen LogP contribution in [0.1, 0.15) is 19.3 Å². The Kier molecular flexibility index (Phi) is 4.40. The van der Waals surface area contributed by atoms with Gasteiger partial charge in [0.1, 0.15) is 0 Å². The number of hydrogen-bond acceptors (Lipinski definition) is 0. The van der Waals surface area contributed by atoms with Crippen molar-refractivity contribution in [2.45, 2.75) is 43.2 Å². The van der Waals surface area contributed by atoms with Crippen LogP contribution in [0.15, 0.2) is 0 Å². The van der Waals surface area contributed by atoms with Crippen molar-refractivity contribution < 1.29 is 39.5 Å². The van der Waals surface area contributed by atoms with E-state index in [1.54, 1.807) is 0 Å². The molecule has 1 unspecified atom stereocenters. The van der Waals surface area contributed by atoms with Gasteiger partial charge in [0.25, 0.3) is 5.67 Å². The van der Waals surface area contributed by atoms with E-state index in [2.05, 4.69) is 6.92 Å². The van der Waals surface area contributed by atoms with Gasteiger partial charge in [-0.15, -0.1) is 0 Å². The lowest BCUT2D eigenvalue weighted by Gasteiger charge is -2.35. The summed E-state index contributed by atoms with van der Waals surface area (Å²) >= 11 is 0. The van der Waals surface area contributed by atoms with Crippen LogP contribution in [0, 0.1) is 6.92 Å². The van der Waals surface area contributed by atoms with E-state index in [4.69, 9.17) is 0 Å². The van der Waals surface area contributed by atoms with E-state index in [9.17, 15) is 39.5 Å². The van der Waals surface area contributed by atoms with Crippen LogP contribution in [0.4, 0.5) is 39.5 Å². The smallest absolute Gasteiger partial charge is 0.227 e. The van der Waals surface area contributed by atoms with Gasteiger partial charge in [-0.3, -0.25) is 0 Å². The molecule has 0 N–H and O–H groups in total. The van der Waals surface area contributed by atoms with E-state index in [0.29, 0.717) is 0 Å². The molecule has 0 aromatic heterocycles. The Morgan fingerprint density at radius 2 is 1.12 bits per heavy atom. The molecular weight excluding hydrogens is 267 g/mol. The van der Waals surface area contributed by atoms with Gasteiger partial charge in [0.15, 0.2) is 0 Å². The van der Waals surface area contributed by atoms with E-state index in [1.807, 2.05) is 0 Å². The van der Waals surface area contributed by atoms with Crippen molar-refractivity contribution in [2.75, 3.05) is 0 Å². The largest absolute Gasteiger partial charge is 0.457 e. The zero-order valence-electron chi connectivity index (χ0n) is 8.23. The maximum Gasteiger partial charge on any atom is 0.457 e. The van der Waals surface area contributed by atoms with Gasteiger partial charge in [-0.2, -0.15) is 35.1 Å². The van der Waals surface area contributed by atoms with Gasteiger partial charge in [-0.25, -0.2) is 4.39 Å². The fraction of sp³-hybridized carbons (Fsp3) is 0.875. The minimum Gasteiger partial charge on any atom is -0.227 e. The minimum absolute atomic E-state index is 0.393. The zero-order valence-corrected chi connectivity index (χ0v) is 8.23. The average Bonchev–Trinajstić information content (AvgIpc) is 2.10. The fourth-order valence-corrected chi connectivity index (χ4v) is 1.07. The summed E-state index contributed by atoms with van der Waals surface area (Å²) in [6, 6.07) is 0. The van der Waals surface area contributed by atoms with E-state index in [0.717, 1.165) is 0 Å². The summed E-state index contributed by atoms with van der Waals surface area (Å²) in [5.41, 5.74) is -5.63. The van der Waals surface area contributed by atoms with Crippen LogP contribution >= 0.6 is 0 Å². The number of hydrogen-bond donors (Lipinski definition) is 0. The first-order chi connectivity index (χ1) is 7.31. The molecule has 0 aromatic carbocycles. The molecule has 0 nitrogen and oxygen atoms in total. The van der Waals surface area contributed by atoms with Crippen LogP contribution in [0.5, 0.6) is 0 Å². The van der Waals surface area contributed by atoms with Crippen molar-refractivity contribution in [3.63, 3.8) is 0 Å². The summed E-state index contributed by atoms with van der Waals surface area (Å²) in [7, 11) is 0. The van der Waals surface area contributed by atoms with Crippen molar-refractivity contribution >= 4 is 0 Å². The van der Waals surface area contributed by atoms with Gasteiger partial charge in [-0.05, 0) is 12.8 Å². The molecule has 0 heterocycles. The highest BCUT2D eigenvalue weighted by molar-refractivity contribution is 5.03. The molecule has 103 valence electrons. The fourth-order valence-electron chi connectivity index (χ4n) is 1.07. The number of halogens is 9. The molecule has 0 saturated heterocycles. The molecule has 0 rings (SSSR count). The van der Waals surface area contributed by atoms with E-state index < -0.39 is 43.2 Å². The second-order valence-electron chi connectivity index (χ2n) is 3.33. The van der Waals surface area contributed by atoms with E-state index >= 15 is 0 Å². The summed E-state index contributed by atoms with van der Waals surface area (Å²) < 4.78 is 110. The quantitative estimate of drug-likeness (QED) is 0.664. The Hall–Kier alpha value is -0.630. The van der Waals surface area contributed by atoms with Gasteiger partial charge in [0.05, 0.1) is 0 Å². The molecule has 0 aliphatic heterocycles. The lowest BCUT2D eigenvalue weighted by molar-refractivity contribution is -0.384. The molecule has 0 bridgehead atoms. The first-order valence-corrected chi connectivity index (χ1v) is 4.30. The van der Waals surface area contributed by atoms with Crippen LogP contribution in [-0.2, 0) is 0 Å². The van der Waals surface area contributed by atoms with Crippen molar-refractivity contribution in [1.29, 1.82) is 0 Å². The third-order valence-electron chi connectivity index (χ3n) is 2.07. The highest BCUT2D eigenvalue weighted by Gasteiger charge is 2.80. The lowest BCUT2D eigenvalue weighted by Crippen LogP contribution is -2.62. The second kappa shape index (κ2) is 4.56. The molecule has 0 saturated carbocycles. The normalized spacial score (nSPS) is 18.0. The van der Waals surface area contributed by atoms with Crippen LogP contribution in [-0.4, -0.2) is 23.9 Å². The molecule has 0 aromatic rings. The Morgan fingerprint density at radius 1 is 0.706 bits per heavy atom. The molecule has 0 amide bonds. The number of alkyl halides is 9. The Bertz CT molecular complexity index is 251. The molecule has 0 aliphatic rings. The van der Waals surface area contributed by atoms with Crippen LogP contribution in [0.25, 0.3) is 0 Å². The maximum absolute atomic E-state index is 13.1. The molecule has 17 heavy (non-hydrogen) atoms. The summed E-state index contributed by atoms with van der Waals surface area (Å²) in [4.78, 5) is 0. The average molecular weight is 275 g/mol. The third kappa shape index (κ3) is 2.79. The highest BCUT2D eigenvalue weighted by atomic mass is 19.4. The van der Waals surface area contributed by atoms with Gasteiger partial charge in [0.2, 0.25) is 0 Å². The SMILES string of the molecule is [CH2]CCCC(F)(C(F)(F)F)C(F)(F)C(F)(F)F. The molecule has 1 atom stereocenters. The van der Waals surface area contributed by atoms with E-state index in [-0.39, 0.29) is 0 Å². The Labute approximate surface area is 90.8 Å². The van der Waals surface area contributed by atoms with E-state index in [1.165, 1.54) is 0 Å². The third-order valence-corrected chi connectivity index (χ3v) is 2.07. The first-order valence-electron chi connectivity index (χ1n) is 4.30. The lowest BCUT2D eigenvalue weighted by atomic mass is 9.90. The summed E-state index contributed by atoms with van der Waals surface area (Å²) in [5, 5.41) is 0. The first kappa shape index (κ1) is 16.4. The predicted molar refractivity (Wildman–Crippen MR) is 40.1 cm³/mol. The van der Waals surface area contributed by atoms with Crippen molar-refractivity contribution in [3.8, 4) is 0 Å². The number of unbranched alkanes of at least 4 members (excludes halogenated alkanes) is 1. The predicted octanol–water partition coefficient (Wildman–Crippen LogP) is 4.46. The van der Waals surface area contributed by atoms with Crippen molar-refractivity contribution in [1.82, 2.24) is 0 Å². The summed E-state index contributed by atoms with van der Waals surface area (Å²) in [6.07, 6.45) is -16.2. The van der Waals surface area contributed by atoms with Gasteiger partial charge in [0, 0.05) is 0 Å². The Balaban J connectivity index is 5.48. The van der Waals surface area contributed by atoms with Crippen LogP contribution in [0.2, 0.25) is 0 Å². The van der Waals surface area contributed by atoms with Crippen LogP contribution < -0.4 is 0 Å². The number of rotatable bonds is 4. The Morgan fingerprint density at radius 3 is 1.35 bits per heavy atom. The molecule has 9 heteroatoms. The topological polar surface area (TPSA) is 0 Å². The molecule has 1 radical (unpaired) electrons.